The summed E-state index contributed by atoms with van der Waals surface area (Å²) in [6.45, 7) is 6.38. The van der Waals surface area contributed by atoms with E-state index in [0.29, 0.717) is 6.54 Å². The average molecular weight is 446 g/mol. The second-order valence-corrected chi connectivity index (χ2v) is 8.39. The molecule has 0 saturated carbocycles. The van der Waals surface area contributed by atoms with Gasteiger partial charge in [0.2, 0.25) is 0 Å². The molecule has 0 bridgehead atoms. The zero-order valence-corrected chi connectivity index (χ0v) is 20.0. The highest BCUT2D eigenvalue weighted by molar-refractivity contribution is 5.92. The molecule has 0 saturated heterocycles. The van der Waals surface area contributed by atoms with Gasteiger partial charge in [0.1, 0.15) is 0 Å². The van der Waals surface area contributed by atoms with E-state index in [2.05, 4.69) is 36.5 Å². The molecule has 0 heterocycles. The van der Waals surface area contributed by atoms with Crippen molar-refractivity contribution in [2.45, 2.75) is 45.4 Å². The van der Waals surface area contributed by atoms with E-state index in [1.165, 1.54) is 5.56 Å². The van der Waals surface area contributed by atoms with Crippen LogP contribution in [-0.4, -0.2) is 31.8 Å². The van der Waals surface area contributed by atoms with Crippen molar-refractivity contribution in [1.82, 2.24) is 5.32 Å². The highest BCUT2D eigenvalue weighted by Gasteiger charge is 2.23. The summed E-state index contributed by atoms with van der Waals surface area (Å²) in [6, 6.07) is 25.9. The molecule has 0 aliphatic carbocycles. The molecule has 0 fully saturated rings. The molecular formula is C28H35N3O2. The number of ether oxygens (including phenoxy) is 1. The number of hydrogen-bond acceptors (Lipinski definition) is 3. The van der Waals surface area contributed by atoms with Gasteiger partial charge in [0.15, 0.2) is 0 Å². The number of hydrogen-bond donors (Lipinski definition) is 2. The fraction of sp³-hybridized carbons (Fsp3) is 0.321. The highest BCUT2D eigenvalue weighted by Crippen LogP contribution is 2.25. The molecule has 3 aromatic carbocycles. The first kappa shape index (κ1) is 24.5. The number of nitrogens with one attached hydrogen (secondary N) is 1. The molecular weight excluding hydrogens is 410 g/mol. The topological polar surface area (TPSA) is 67.6 Å². The van der Waals surface area contributed by atoms with Crippen LogP contribution in [0.25, 0.3) is 11.1 Å². The fourth-order valence-electron chi connectivity index (χ4n) is 3.69. The molecule has 174 valence electrons. The van der Waals surface area contributed by atoms with E-state index < -0.39 is 0 Å². The number of carbonyl (C=O) groups is 1. The van der Waals surface area contributed by atoms with Crippen LogP contribution in [0, 0.1) is 0 Å². The van der Waals surface area contributed by atoms with Gasteiger partial charge in [0, 0.05) is 25.4 Å². The third-order valence-corrected chi connectivity index (χ3v) is 6.13. The molecule has 3 aromatic rings. The Morgan fingerprint density at radius 3 is 2.06 bits per heavy atom. The summed E-state index contributed by atoms with van der Waals surface area (Å²) in [6.07, 6.45) is 0.841. The Balaban J connectivity index is 1.82. The smallest absolute Gasteiger partial charge is 0.322 e. The number of carbonyl (C=O) groups excluding carboxylic acids is 1. The Labute approximate surface area is 197 Å². The van der Waals surface area contributed by atoms with Crippen LogP contribution in [0.5, 0.6) is 0 Å². The molecule has 0 spiro atoms. The Bertz CT molecular complexity index is 1000. The first-order valence-corrected chi connectivity index (χ1v) is 11.5. The minimum Gasteiger partial charge on any atom is -0.380 e. The van der Waals surface area contributed by atoms with Crippen molar-refractivity contribution in [2.75, 3.05) is 18.6 Å². The quantitative estimate of drug-likeness (QED) is 0.453. The molecule has 5 nitrogen and oxygen atoms in total. The van der Waals surface area contributed by atoms with E-state index in [1.807, 2.05) is 68.4 Å². The van der Waals surface area contributed by atoms with Crippen LogP contribution < -0.4 is 16.0 Å². The lowest BCUT2D eigenvalue weighted by Crippen LogP contribution is -2.50. The van der Waals surface area contributed by atoms with E-state index in [4.69, 9.17) is 10.5 Å². The lowest BCUT2D eigenvalue weighted by molar-refractivity contribution is 0.0975. The van der Waals surface area contributed by atoms with E-state index >= 15 is 0 Å². The van der Waals surface area contributed by atoms with Crippen LogP contribution in [0.4, 0.5) is 10.5 Å². The summed E-state index contributed by atoms with van der Waals surface area (Å²) >= 11 is 0. The van der Waals surface area contributed by atoms with Gasteiger partial charge >= 0.3 is 6.03 Å². The van der Waals surface area contributed by atoms with Crippen molar-refractivity contribution in [3.63, 3.8) is 0 Å². The molecule has 0 unspecified atom stereocenters. The summed E-state index contributed by atoms with van der Waals surface area (Å²) < 4.78 is 5.39. The maximum atomic E-state index is 13.3. The Kier molecular flexibility index (Phi) is 8.64. The van der Waals surface area contributed by atoms with E-state index in [9.17, 15) is 4.79 Å². The van der Waals surface area contributed by atoms with Crippen molar-refractivity contribution in [2.24, 2.45) is 5.73 Å². The van der Waals surface area contributed by atoms with E-state index in [1.54, 1.807) is 12.0 Å². The minimum atomic E-state index is -0.325. The van der Waals surface area contributed by atoms with Gasteiger partial charge < -0.3 is 15.8 Å². The van der Waals surface area contributed by atoms with E-state index in [-0.39, 0.29) is 24.2 Å². The first-order chi connectivity index (χ1) is 15.9. The molecule has 3 rings (SSSR count). The van der Waals surface area contributed by atoms with Gasteiger partial charge in [-0.25, -0.2) is 4.79 Å². The van der Waals surface area contributed by atoms with Gasteiger partial charge in [-0.05, 0) is 54.7 Å². The molecule has 0 aliphatic heterocycles. The molecule has 0 aliphatic rings. The Morgan fingerprint density at radius 2 is 1.52 bits per heavy atom. The van der Waals surface area contributed by atoms with Gasteiger partial charge in [-0.1, -0.05) is 73.7 Å². The summed E-state index contributed by atoms with van der Waals surface area (Å²) in [5.74, 6) is 0. The van der Waals surface area contributed by atoms with Crippen molar-refractivity contribution in [1.29, 1.82) is 0 Å². The normalized spacial score (nSPS) is 13.7. The van der Waals surface area contributed by atoms with Crippen molar-refractivity contribution in [3.8, 4) is 11.1 Å². The predicted octanol–water partition coefficient (Wildman–Crippen LogP) is 5.56. The van der Waals surface area contributed by atoms with Gasteiger partial charge in [0.05, 0.1) is 12.1 Å². The maximum absolute atomic E-state index is 13.3. The molecule has 3 atom stereocenters. The van der Waals surface area contributed by atoms with Crippen LogP contribution in [0.1, 0.15) is 37.9 Å². The average Bonchev–Trinajstić information content (AvgIpc) is 2.87. The van der Waals surface area contributed by atoms with Gasteiger partial charge in [0.25, 0.3) is 0 Å². The molecule has 2 amide bonds. The molecule has 0 aromatic heterocycles. The first-order valence-electron chi connectivity index (χ1n) is 11.5. The second-order valence-electron chi connectivity index (χ2n) is 8.39. The van der Waals surface area contributed by atoms with E-state index in [0.717, 1.165) is 28.8 Å². The highest BCUT2D eigenvalue weighted by atomic mass is 16.5. The number of benzene rings is 3. The van der Waals surface area contributed by atoms with Crippen molar-refractivity contribution in [3.05, 3.63) is 90.0 Å². The molecule has 5 heteroatoms. The number of urea groups is 1. The number of anilines is 1. The molecule has 33 heavy (non-hydrogen) atoms. The maximum Gasteiger partial charge on any atom is 0.322 e. The SMILES string of the molecule is CCc1ccc(-c2ccc(N(C[C@@H](N)[C@@H](C)OC)C(=O)N[C@@H](C)c3ccccc3)cc2)cc1. The third kappa shape index (κ3) is 6.44. The predicted molar refractivity (Wildman–Crippen MR) is 136 cm³/mol. The standard InChI is InChI=1S/C28H35N3O2/c1-5-22-11-13-24(14-12-22)25-15-17-26(18-16-25)31(19-27(29)21(3)33-4)28(32)30-20(2)23-9-7-6-8-10-23/h6-18,20-21,27H,5,19,29H2,1-4H3,(H,30,32)/t20-,21+,27+/m0/s1. The summed E-state index contributed by atoms with van der Waals surface area (Å²) in [5.41, 5.74) is 11.8. The molecule has 3 N–H and O–H groups in total. The number of amides is 2. The zero-order chi connectivity index (χ0) is 23.8. The number of methoxy groups -OCH3 is 1. The number of nitrogens with zero attached hydrogens (tertiary/aromatic N) is 1. The zero-order valence-electron chi connectivity index (χ0n) is 20.0. The fourth-order valence-corrected chi connectivity index (χ4v) is 3.69. The Morgan fingerprint density at radius 1 is 0.939 bits per heavy atom. The number of aryl methyl sites for hydroxylation is 1. The monoisotopic (exact) mass is 445 g/mol. The van der Waals surface area contributed by atoms with Crippen LogP contribution >= 0.6 is 0 Å². The summed E-state index contributed by atoms with van der Waals surface area (Å²) in [4.78, 5) is 15.0. The van der Waals surface area contributed by atoms with Crippen LogP contribution in [-0.2, 0) is 11.2 Å². The number of rotatable bonds is 9. The summed E-state index contributed by atoms with van der Waals surface area (Å²) in [5, 5.41) is 3.11. The third-order valence-electron chi connectivity index (χ3n) is 6.13. The number of nitrogens with two attached hydrogens (primary N) is 1. The lowest BCUT2D eigenvalue weighted by Gasteiger charge is -2.30. The van der Waals surface area contributed by atoms with Gasteiger partial charge in [-0.2, -0.15) is 0 Å². The summed E-state index contributed by atoms with van der Waals surface area (Å²) in [7, 11) is 1.63. The largest absolute Gasteiger partial charge is 0.380 e. The van der Waals surface area contributed by atoms with Crippen molar-refractivity contribution < 1.29 is 9.53 Å². The second kappa shape index (κ2) is 11.6. The van der Waals surface area contributed by atoms with Crippen LogP contribution in [0.2, 0.25) is 0 Å². The Hall–Kier alpha value is -3.15. The van der Waals surface area contributed by atoms with Crippen LogP contribution in [0.3, 0.4) is 0 Å². The van der Waals surface area contributed by atoms with Crippen LogP contribution in [0.15, 0.2) is 78.9 Å². The van der Waals surface area contributed by atoms with Gasteiger partial charge in [-0.3, -0.25) is 4.90 Å². The molecule has 0 radical (unpaired) electrons. The van der Waals surface area contributed by atoms with Crippen molar-refractivity contribution >= 4 is 11.7 Å². The lowest BCUT2D eigenvalue weighted by atomic mass is 10.0. The van der Waals surface area contributed by atoms with Gasteiger partial charge in [-0.15, -0.1) is 0 Å². The minimum absolute atomic E-state index is 0.131.